The smallest absolute Gasteiger partial charge is 0.226 e. The Hall–Kier alpha value is -2.44. The van der Waals surface area contributed by atoms with Gasteiger partial charge in [-0.3, -0.25) is 0 Å². The number of rotatable bonds is 3. The summed E-state index contributed by atoms with van der Waals surface area (Å²) in [6.07, 6.45) is 0. The van der Waals surface area contributed by atoms with Crippen LogP contribution < -0.4 is 0 Å². The largest absolute Gasteiger partial charge is 0.270 e. The zero-order valence-corrected chi connectivity index (χ0v) is 13.6. The van der Waals surface area contributed by atoms with Crippen LogP contribution in [0, 0.1) is 0 Å². The lowest BCUT2D eigenvalue weighted by Gasteiger charge is -2.09. The molecule has 0 spiro atoms. The van der Waals surface area contributed by atoms with E-state index in [1.54, 1.807) is 36.4 Å². The van der Waals surface area contributed by atoms with Gasteiger partial charge in [0.05, 0.1) is 20.8 Å². The summed E-state index contributed by atoms with van der Waals surface area (Å²) >= 11 is 1.47. The highest BCUT2D eigenvalue weighted by Crippen LogP contribution is 2.31. The molecule has 114 valence electrons. The summed E-state index contributed by atoms with van der Waals surface area (Å²) < 4.78 is 27.6. The Morgan fingerprint density at radius 2 is 1.61 bits per heavy atom. The van der Waals surface area contributed by atoms with E-state index in [0.717, 1.165) is 4.88 Å². The molecule has 2 aromatic carbocycles. The van der Waals surface area contributed by atoms with E-state index in [0.29, 0.717) is 16.9 Å². The van der Waals surface area contributed by atoms with Crippen molar-refractivity contribution in [3.8, 4) is 10.7 Å². The molecule has 0 aliphatic heterocycles. The fourth-order valence-corrected chi connectivity index (χ4v) is 4.76. The number of imidazole rings is 1. The Balaban J connectivity index is 2.08. The molecule has 0 aliphatic rings. The molecule has 23 heavy (non-hydrogen) atoms. The van der Waals surface area contributed by atoms with E-state index in [-0.39, 0.29) is 4.90 Å². The maximum atomic E-state index is 13.2. The maximum Gasteiger partial charge on any atom is 0.270 e. The van der Waals surface area contributed by atoms with Crippen molar-refractivity contribution >= 4 is 32.4 Å². The Bertz CT molecular complexity index is 1070. The Morgan fingerprint density at radius 3 is 2.35 bits per heavy atom. The van der Waals surface area contributed by atoms with Gasteiger partial charge in [0.15, 0.2) is 5.82 Å². The first-order valence-electron chi connectivity index (χ1n) is 7.00. The molecular weight excluding hydrogens is 328 g/mol. The minimum atomic E-state index is -3.72. The molecule has 2 aromatic heterocycles. The van der Waals surface area contributed by atoms with Crippen LogP contribution >= 0.6 is 11.3 Å². The number of aromatic nitrogens is 2. The molecule has 0 atom stereocenters. The number of nitrogens with zero attached hydrogens (tertiary/aromatic N) is 2. The van der Waals surface area contributed by atoms with Gasteiger partial charge >= 0.3 is 0 Å². The molecule has 4 aromatic rings. The van der Waals surface area contributed by atoms with Gasteiger partial charge in [-0.05, 0) is 35.7 Å². The quantitative estimate of drug-likeness (QED) is 0.566. The van der Waals surface area contributed by atoms with Crippen molar-refractivity contribution in [3.63, 3.8) is 0 Å². The van der Waals surface area contributed by atoms with Crippen molar-refractivity contribution in [2.45, 2.75) is 4.90 Å². The highest BCUT2D eigenvalue weighted by molar-refractivity contribution is 7.90. The molecule has 0 radical (unpaired) electrons. The number of hydrogen-bond donors (Lipinski definition) is 0. The van der Waals surface area contributed by atoms with Crippen molar-refractivity contribution in [1.82, 2.24) is 8.96 Å². The van der Waals surface area contributed by atoms with Crippen molar-refractivity contribution < 1.29 is 8.42 Å². The number of benzene rings is 2. The molecule has 6 heteroatoms. The van der Waals surface area contributed by atoms with E-state index in [4.69, 9.17) is 0 Å². The zero-order valence-electron chi connectivity index (χ0n) is 12.0. The number of hydrogen-bond acceptors (Lipinski definition) is 4. The Morgan fingerprint density at radius 1 is 0.870 bits per heavy atom. The summed E-state index contributed by atoms with van der Waals surface area (Å²) in [5, 5.41) is 1.91. The van der Waals surface area contributed by atoms with Crippen LogP contribution in [-0.2, 0) is 10.0 Å². The molecule has 0 aliphatic carbocycles. The van der Waals surface area contributed by atoms with Crippen molar-refractivity contribution in [1.29, 1.82) is 0 Å². The van der Waals surface area contributed by atoms with Gasteiger partial charge < -0.3 is 0 Å². The fraction of sp³-hybridized carbons (Fsp3) is 0. The molecule has 4 rings (SSSR count). The molecular formula is C17H12N2O2S2. The van der Waals surface area contributed by atoms with E-state index in [2.05, 4.69) is 4.98 Å². The van der Waals surface area contributed by atoms with Crippen LogP contribution in [0.5, 0.6) is 0 Å². The second-order valence-electron chi connectivity index (χ2n) is 4.98. The van der Waals surface area contributed by atoms with Crippen LogP contribution in [0.4, 0.5) is 0 Å². The molecule has 2 heterocycles. The van der Waals surface area contributed by atoms with Gasteiger partial charge in [-0.15, -0.1) is 11.3 Å². The zero-order chi connectivity index (χ0) is 15.9. The van der Waals surface area contributed by atoms with Crippen LogP contribution in [0.3, 0.4) is 0 Å². The summed E-state index contributed by atoms with van der Waals surface area (Å²) in [6.45, 7) is 0. The highest BCUT2D eigenvalue weighted by atomic mass is 32.2. The lowest BCUT2D eigenvalue weighted by atomic mass is 10.3. The molecule has 0 bridgehead atoms. The van der Waals surface area contributed by atoms with Gasteiger partial charge in [-0.1, -0.05) is 36.4 Å². The second-order valence-corrected chi connectivity index (χ2v) is 7.72. The van der Waals surface area contributed by atoms with Crippen LogP contribution in [0.25, 0.3) is 21.7 Å². The predicted molar refractivity (Wildman–Crippen MR) is 92.1 cm³/mol. The third-order valence-electron chi connectivity index (χ3n) is 3.54. The summed E-state index contributed by atoms with van der Waals surface area (Å²) in [6, 6.07) is 19.5. The Labute approximate surface area is 137 Å². The molecule has 0 N–H and O–H groups in total. The average Bonchev–Trinajstić information content (AvgIpc) is 3.23. The van der Waals surface area contributed by atoms with Crippen LogP contribution in [0.2, 0.25) is 0 Å². The van der Waals surface area contributed by atoms with Crippen LogP contribution in [0.15, 0.2) is 77.0 Å². The standard InChI is InChI=1S/C17H12N2O2S2/c20-23(21,13-7-2-1-3-8-13)19-15-10-5-4-9-14(15)18-17(19)16-11-6-12-22-16/h1-12H. The minimum absolute atomic E-state index is 0.251. The van der Waals surface area contributed by atoms with Crippen LogP contribution in [-0.4, -0.2) is 17.4 Å². The third kappa shape index (κ3) is 2.27. The summed E-state index contributed by atoms with van der Waals surface area (Å²) in [7, 11) is -3.72. The lowest BCUT2D eigenvalue weighted by molar-refractivity contribution is 0.589. The SMILES string of the molecule is O=S(=O)(c1ccccc1)n1c(-c2cccs2)nc2ccccc21. The molecule has 4 nitrogen and oxygen atoms in total. The van der Waals surface area contributed by atoms with Gasteiger partial charge in [0.25, 0.3) is 10.0 Å². The molecule has 0 saturated heterocycles. The van der Waals surface area contributed by atoms with Gasteiger partial charge in [0.1, 0.15) is 0 Å². The average molecular weight is 340 g/mol. The van der Waals surface area contributed by atoms with Crippen molar-refractivity contribution in [2.75, 3.05) is 0 Å². The van der Waals surface area contributed by atoms with Gasteiger partial charge in [0, 0.05) is 0 Å². The van der Waals surface area contributed by atoms with E-state index in [1.807, 2.05) is 35.7 Å². The molecule has 0 amide bonds. The first-order chi connectivity index (χ1) is 11.2. The summed E-state index contributed by atoms with van der Waals surface area (Å²) in [5.41, 5.74) is 1.25. The lowest BCUT2D eigenvalue weighted by Crippen LogP contribution is -2.14. The van der Waals surface area contributed by atoms with E-state index >= 15 is 0 Å². The normalized spacial score (nSPS) is 11.8. The number of fused-ring (bicyclic) bond motifs is 1. The first kappa shape index (κ1) is 14.2. The number of thiophene rings is 1. The van der Waals surface area contributed by atoms with Gasteiger partial charge in [0.2, 0.25) is 0 Å². The highest BCUT2D eigenvalue weighted by Gasteiger charge is 2.25. The van der Waals surface area contributed by atoms with Crippen molar-refractivity contribution in [3.05, 3.63) is 72.1 Å². The first-order valence-corrected chi connectivity index (χ1v) is 9.32. The minimum Gasteiger partial charge on any atom is -0.226 e. The third-order valence-corrected chi connectivity index (χ3v) is 6.13. The van der Waals surface area contributed by atoms with Gasteiger partial charge in [-0.25, -0.2) is 17.4 Å². The van der Waals surface area contributed by atoms with Crippen molar-refractivity contribution in [2.24, 2.45) is 0 Å². The monoisotopic (exact) mass is 340 g/mol. The maximum absolute atomic E-state index is 13.2. The fourth-order valence-electron chi connectivity index (χ4n) is 2.51. The summed E-state index contributed by atoms with van der Waals surface area (Å²) in [5.74, 6) is 0.449. The molecule has 0 saturated carbocycles. The molecule has 0 unspecified atom stereocenters. The Kier molecular flexibility index (Phi) is 3.28. The van der Waals surface area contributed by atoms with Crippen LogP contribution in [0.1, 0.15) is 0 Å². The molecule has 0 fully saturated rings. The second kappa shape index (κ2) is 5.33. The van der Waals surface area contributed by atoms with E-state index in [9.17, 15) is 8.42 Å². The van der Waals surface area contributed by atoms with Gasteiger partial charge in [-0.2, -0.15) is 0 Å². The topological polar surface area (TPSA) is 52.0 Å². The number of para-hydroxylation sites is 2. The van der Waals surface area contributed by atoms with E-state index in [1.165, 1.54) is 15.3 Å². The predicted octanol–water partition coefficient (Wildman–Crippen LogP) is 4.00. The van der Waals surface area contributed by atoms with E-state index < -0.39 is 10.0 Å². The summed E-state index contributed by atoms with van der Waals surface area (Å²) in [4.78, 5) is 5.61.